The molecule has 0 N–H and O–H groups in total. The summed E-state index contributed by atoms with van der Waals surface area (Å²) in [6, 6.07) is 9.13. The van der Waals surface area contributed by atoms with Crippen LogP contribution in [0.25, 0.3) is 6.08 Å². The van der Waals surface area contributed by atoms with Gasteiger partial charge in [0.1, 0.15) is 21.8 Å². The number of nitrogens with zero attached hydrogens (tertiary/aromatic N) is 2. The summed E-state index contributed by atoms with van der Waals surface area (Å²) in [6.07, 6.45) is 0.988. The predicted molar refractivity (Wildman–Crippen MR) is 85.3 cm³/mol. The molecule has 0 bridgehead atoms. The molecule has 6 nitrogen and oxygen atoms in total. The zero-order chi connectivity index (χ0) is 17.9. The summed E-state index contributed by atoms with van der Waals surface area (Å²) in [5, 5.41) is 19.9. The predicted octanol–water partition coefficient (Wildman–Crippen LogP) is 3.73. The van der Waals surface area contributed by atoms with E-state index in [-0.39, 0.29) is 15.5 Å². The number of hydrogen-bond acceptors (Lipinski definition) is 5. The van der Waals surface area contributed by atoms with Crippen molar-refractivity contribution in [3.05, 3.63) is 73.9 Å². The molecule has 0 spiro atoms. The molecule has 2 aromatic rings. The van der Waals surface area contributed by atoms with Crippen LogP contribution in [0.2, 0.25) is 5.02 Å². The van der Waals surface area contributed by atoms with Crippen LogP contribution >= 0.6 is 11.6 Å². The molecular formula is C15H8ClFN2O4S. The van der Waals surface area contributed by atoms with Crippen molar-refractivity contribution in [2.45, 2.75) is 4.90 Å². The van der Waals surface area contributed by atoms with Gasteiger partial charge < -0.3 is 0 Å². The molecule has 0 heterocycles. The monoisotopic (exact) mass is 366 g/mol. The maximum absolute atomic E-state index is 12.9. The number of nitriles is 1. The normalized spacial score (nSPS) is 11.8. The number of nitro groups is 1. The van der Waals surface area contributed by atoms with Gasteiger partial charge in [0.2, 0.25) is 9.84 Å². The molecule has 0 aliphatic heterocycles. The van der Waals surface area contributed by atoms with E-state index in [1.165, 1.54) is 12.1 Å². The molecule has 0 fully saturated rings. The van der Waals surface area contributed by atoms with E-state index in [1.54, 1.807) is 6.07 Å². The van der Waals surface area contributed by atoms with E-state index >= 15 is 0 Å². The Balaban J connectivity index is 2.54. The van der Waals surface area contributed by atoms with Gasteiger partial charge in [-0.25, -0.2) is 12.8 Å². The van der Waals surface area contributed by atoms with Crippen molar-refractivity contribution < 1.29 is 17.7 Å². The lowest BCUT2D eigenvalue weighted by Gasteiger charge is -2.03. The van der Waals surface area contributed by atoms with Gasteiger partial charge in [-0.15, -0.1) is 0 Å². The summed E-state index contributed by atoms with van der Waals surface area (Å²) < 4.78 is 37.7. The largest absolute Gasteiger partial charge is 0.288 e. The summed E-state index contributed by atoms with van der Waals surface area (Å²) in [7, 11) is -4.18. The first-order valence-electron chi connectivity index (χ1n) is 6.32. The maximum atomic E-state index is 12.9. The average molecular weight is 367 g/mol. The van der Waals surface area contributed by atoms with E-state index in [0.29, 0.717) is 0 Å². The smallest absolute Gasteiger partial charge is 0.258 e. The standard InChI is InChI=1S/C15H8ClFN2O4S/c16-14-6-1-10(8-15(14)19(20)21)7-13(9-18)24(22,23)12-4-2-11(17)3-5-12/h1-8H/b13-7+. The fraction of sp³-hybridized carbons (Fsp3) is 0. The van der Waals surface area contributed by atoms with Crippen molar-refractivity contribution in [2.75, 3.05) is 0 Å². The molecule has 9 heteroatoms. The zero-order valence-corrected chi connectivity index (χ0v) is 13.4. The minimum Gasteiger partial charge on any atom is -0.258 e. The highest BCUT2D eigenvalue weighted by molar-refractivity contribution is 7.95. The highest BCUT2D eigenvalue weighted by atomic mass is 35.5. The zero-order valence-electron chi connectivity index (χ0n) is 11.8. The molecule has 122 valence electrons. The van der Waals surface area contributed by atoms with Crippen LogP contribution in [0.15, 0.2) is 52.3 Å². The van der Waals surface area contributed by atoms with E-state index in [9.17, 15) is 22.9 Å². The van der Waals surface area contributed by atoms with Crippen LogP contribution in [-0.2, 0) is 9.84 Å². The first kappa shape index (κ1) is 17.6. The molecule has 0 amide bonds. The highest BCUT2D eigenvalue weighted by Gasteiger charge is 2.21. The third kappa shape index (κ3) is 3.59. The van der Waals surface area contributed by atoms with Crippen LogP contribution in [0.5, 0.6) is 0 Å². The number of sulfone groups is 1. The molecule has 0 aliphatic rings. The van der Waals surface area contributed by atoms with E-state index < -0.39 is 31.2 Å². The summed E-state index contributed by atoms with van der Waals surface area (Å²) in [5.41, 5.74) is -0.296. The quantitative estimate of drug-likeness (QED) is 0.355. The Labute approximate surface area is 141 Å². The number of rotatable bonds is 4. The fourth-order valence-electron chi connectivity index (χ4n) is 1.82. The molecule has 0 atom stereocenters. The Bertz CT molecular complexity index is 980. The number of benzene rings is 2. The molecule has 24 heavy (non-hydrogen) atoms. The number of nitro benzene ring substituents is 1. The Kier molecular flexibility index (Phi) is 4.97. The summed E-state index contributed by atoms with van der Waals surface area (Å²) in [4.78, 5) is 9.24. The van der Waals surface area contributed by atoms with Crippen LogP contribution < -0.4 is 0 Å². The third-order valence-electron chi connectivity index (χ3n) is 2.99. The lowest BCUT2D eigenvalue weighted by molar-refractivity contribution is -0.384. The second kappa shape index (κ2) is 6.78. The van der Waals surface area contributed by atoms with Crippen LogP contribution in [0, 0.1) is 27.3 Å². The van der Waals surface area contributed by atoms with Gasteiger partial charge >= 0.3 is 0 Å². The van der Waals surface area contributed by atoms with Crippen molar-refractivity contribution in [1.82, 2.24) is 0 Å². The van der Waals surface area contributed by atoms with E-state index in [0.717, 1.165) is 36.4 Å². The van der Waals surface area contributed by atoms with Gasteiger partial charge in [0.25, 0.3) is 5.69 Å². The average Bonchev–Trinajstić information content (AvgIpc) is 2.54. The Morgan fingerprint density at radius 1 is 1.25 bits per heavy atom. The van der Waals surface area contributed by atoms with Crippen LogP contribution in [0.1, 0.15) is 5.56 Å². The molecule has 0 aliphatic carbocycles. The van der Waals surface area contributed by atoms with E-state index in [1.807, 2.05) is 0 Å². The van der Waals surface area contributed by atoms with Gasteiger partial charge in [-0.05, 0) is 42.0 Å². The van der Waals surface area contributed by atoms with Gasteiger partial charge in [0.05, 0.1) is 9.82 Å². The van der Waals surface area contributed by atoms with E-state index in [2.05, 4.69) is 0 Å². The minimum atomic E-state index is -4.18. The first-order chi connectivity index (χ1) is 11.3. The molecule has 0 saturated carbocycles. The summed E-state index contributed by atoms with van der Waals surface area (Å²) in [6.45, 7) is 0. The van der Waals surface area contributed by atoms with Crippen molar-refractivity contribution >= 4 is 33.2 Å². The molecule has 2 aromatic carbocycles. The van der Waals surface area contributed by atoms with Gasteiger partial charge in [0.15, 0.2) is 0 Å². The molecular weight excluding hydrogens is 359 g/mol. The molecule has 0 saturated heterocycles. The first-order valence-corrected chi connectivity index (χ1v) is 8.18. The second-order valence-corrected chi connectivity index (χ2v) is 6.87. The van der Waals surface area contributed by atoms with Crippen molar-refractivity contribution in [2.24, 2.45) is 0 Å². The van der Waals surface area contributed by atoms with Gasteiger partial charge in [-0.3, -0.25) is 10.1 Å². The van der Waals surface area contributed by atoms with Crippen LogP contribution in [0.3, 0.4) is 0 Å². The summed E-state index contributed by atoms with van der Waals surface area (Å²) >= 11 is 5.68. The Morgan fingerprint density at radius 2 is 1.88 bits per heavy atom. The minimum absolute atomic E-state index is 0.114. The Hall–Kier alpha value is -2.76. The van der Waals surface area contributed by atoms with E-state index in [4.69, 9.17) is 16.9 Å². The van der Waals surface area contributed by atoms with Crippen molar-refractivity contribution in [3.8, 4) is 6.07 Å². The lowest BCUT2D eigenvalue weighted by atomic mass is 10.2. The SMILES string of the molecule is N#C/C(=C\c1ccc(Cl)c([N+](=O)[O-])c1)S(=O)(=O)c1ccc(F)cc1. The number of hydrogen-bond donors (Lipinski definition) is 0. The topological polar surface area (TPSA) is 101 Å². The summed E-state index contributed by atoms with van der Waals surface area (Å²) in [5.74, 6) is -0.621. The second-order valence-electron chi connectivity index (χ2n) is 4.55. The molecule has 0 aromatic heterocycles. The lowest BCUT2D eigenvalue weighted by Crippen LogP contribution is -2.03. The Morgan fingerprint density at radius 3 is 2.42 bits per heavy atom. The maximum Gasteiger partial charge on any atom is 0.288 e. The molecule has 0 radical (unpaired) electrons. The number of allylic oxidation sites excluding steroid dienone is 1. The molecule has 0 unspecified atom stereocenters. The van der Waals surface area contributed by atoms with Gasteiger partial charge in [-0.2, -0.15) is 5.26 Å². The van der Waals surface area contributed by atoms with Crippen LogP contribution in [0.4, 0.5) is 10.1 Å². The van der Waals surface area contributed by atoms with Crippen molar-refractivity contribution in [3.63, 3.8) is 0 Å². The van der Waals surface area contributed by atoms with Crippen molar-refractivity contribution in [1.29, 1.82) is 5.26 Å². The highest BCUT2D eigenvalue weighted by Crippen LogP contribution is 2.27. The van der Waals surface area contributed by atoms with Gasteiger partial charge in [-0.1, -0.05) is 17.7 Å². The molecule has 2 rings (SSSR count). The van der Waals surface area contributed by atoms with Gasteiger partial charge in [0, 0.05) is 6.07 Å². The fourth-order valence-corrected chi connectivity index (χ4v) is 3.17. The number of halogens is 2. The third-order valence-corrected chi connectivity index (χ3v) is 4.99. The van der Waals surface area contributed by atoms with Crippen LogP contribution in [-0.4, -0.2) is 13.3 Å².